The van der Waals surface area contributed by atoms with Gasteiger partial charge in [0, 0.05) is 25.2 Å². The number of rotatable bonds is 3. The number of piperidine rings is 1. The molecular weight excluding hydrogens is 306 g/mol. The lowest BCUT2D eigenvalue weighted by molar-refractivity contribution is 0.501. The molecule has 2 aromatic rings. The van der Waals surface area contributed by atoms with Crippen molar-refractivity contribution in [3.05, 3.63) is 62.3 Å². The van der Waals surface area contributed by atoms with Gasteiger partial charge in [0.05, 0.1) is 18.2 Å². The second-order valence-corrected chi connectivity index (χ2v) is 6.04. The maximum Gasteiger partial charge on any atom is 0.330 e. The van der Waals surface area contributed by atoms with E-state index < -0.39 is 5.69 Å². The van der Waals surface area contributed by atoms with Gasteiger partial charge in [0.15, 0.2) is 0 Å². The highest BCUT2D eigenvalue weighted by molar-refractivity contribution is 5.38. The van der Waals surface area contributed by atoms with Gasteiger partial charge >= 0.3 is 5.69 Å². The first-order chi connectivity index (χ1) is 11.6. The molecule has 1 fully saturated rings. The Bertz CT molecular complexity index is 862. The molecule has 7 nitrogen and oxygen atoms in total. The molecule has 1 aliphatic rings. The normalized spacial score (nSPS) is 17.5. The number of hydrogen-bond donors (Lipinski definition) is 2. The second kappa shape index (κ2) is 6.72. The molecule has 0 saturated carbocycles. The number of nitrogens with zero attached hydrogens (tertiary/aromatic N) is 3. The Morgan fingerprint density at radius 3 is 2.88 bits per heavy atom. The highest BCUT2D eigenvalue weighted by Gasteiger charge is 2.18. The lowest BCUT2D eigenvalue weighted by atomic mass is 10.1. The van der Waals surface area contributed by atoms with Gasteiger partial charge < -0.3 is 10.6 Å². The van der Waals surface area contributed by atoms with Crippen molar-refractivity contribution in [1.29, 1.82) is 5.26 Å². The Balaban J connectivity index is 1.89. The van der Waals surface area contributed by atoms with Crippen molar-refractivity contribution in [2.75, 3.05) is 18.0 Å². The van der Waals surface area contributed by atoms with E-state index in [9.17, 15) is 9.59 Å². The molecule has 0 radical (unpaired) electrons. The van der Waals surface area contributed by atoms with E-state index in [4.69, 9.17) is 11.0 Å². The summed E-state index contributed by atoms with van der Waals surface area (Å²) in [5, 5.41) is 8.94. The zero-order valence-electron chi connectivity index (χ0n) is 13.2. The minimum atomic E-state index is -0.459. The van der Waals surface area contributed by atoms with Crippen molar-refractivity contribution >= 4 is 5.82 Å². The first-order valence-electron chi connectivity index (χ1n) is 7.90. The Morgan fingerprint density at radius 1 is 1.33 bits per heavy atom. The van der Waals surface area contributed by atoms with Crippen molar-refractivity contribution in [3.8, 4) is 6.07 Å². The largest absolute Gasteiger partial charge is 0.356 e. The van der Waals surface area contributed by atoms with Crippen LogP contribution >= 0.6 is 0 Å². The Labute approximate surface area is 139 Å². The van der Waals surface area contributed by atoms with E-state index in [0.717, 1.165) is 29.5 Å². The number of anilines is 1. The van der Waals surface area contributed by atoms with Gasteiger partial charge in [-0.3, -0.25) is 14.3 Å². The first kappa shape index (κ1) is 16.0. The van der Waals surface area contributed by atoms with E-state index >= 15 is 0 Å². The monoisotopic (exact) mass is 325 g/mol. The van der Waals surface area contributed by atoms with Crippen LogP contribution in [0.1, 0.15) is 24.0 Å². The lowest BCUT2D eigenvalue weighted by Crippen LogP contribution is -2.45. The van der Waals surface area contributed by atoms with Gasteiger partial charge in [0.1, 0.15) is 5.82 Å². The third-order valence-electron chi connectivity index (χ3n) is 4.20. The fourth-order valence-electron chi connectivity index (χ4n) is 2.98. The molecule has 3 rings (SSSR count). The van der Waals surface area contributed by atoms with Crippen LogP contribution in [0.5, 0.6) is 0 Å². The molecule has 1 saturated heterocycles. The van der Waals surface area contributed by atoms with E-state index in [0.29, 0.717) is 17.9 Å². The van der Waals surface area contributed by atoms with Gasteiger partial charge in [-0.25, -0.2) is 4.79 Å². The molecule has 0 bridgehead atoms. The molecule has 24 heavy (non-hydrogen) atoms. The highest BCUT2D eigenvalue weighted by Crippen LogP contribution is 2.14. The van der Waals surface area contributed by atoms with Crippen molar-refractivity contribution < 1.29 is 0 Å². The lowest BCUT2D eigenvalue weighted by Gasteiger charge is -2.31. The molecule has 1 aliphatic heterocycles. The molecular formula is C17H19N5O2. The van der Waals surface area contributed by atoms with Crippen LogP contribution in [0.3, 0.4) is 0 Å². The van der Waals surface area contributed by atoms with Crippen LogP contribution in [0.4, 0.5) is 5.82 Å². The van der Waals surface area contributed by atoms with Crippen LogP contribution in [0.2, 0.25) is 0 Å². The first-order valence-corrected chi connectivity index (χ1v) is 7.90. The summed E-state index contributed by atoms with van der Waals surface area (Å²) in [6.45, 7) is 1.53. The van der Waals surface area contributed by atoms with Crippen LogP contribution in [0, 0.1) is 11.3 Å². The standard InChI is InChI=1S/C17H19N5O2/c18-9-12-3-1-4-13(7-12)10-22-16(23)8-15(20-17(22)24)21-6-2-5-14(19)11-21/h1,3-4,7-8,14H,2,5-6,10-11,19H2,(H,20,24). The molecule has 0 aliphatic carbocycles. The molecule has 124 valence electrons. The molecule has 0 amide bonds. The molecule has 7 heteroatoms. The summed E-state index contributed by atoms with van der Waals surface area (Å²) >= 11 is 0. The van der Waals surface area contributed by atoms with Crippen molar-refractivity contribution in [2.45, 2.75) is 25.4 Å². The number of nitriles is 1. The zero-order valence-corrected chi connectivity index (χ0v) is 13.2. The summed E-state index contributed by atoms with van der Waals surface area (Å²) in [5.41, 5.74) is 6.36. The van der Waals surface area contributed by atoms with Crippen LogP contribution in [0.15, 0.2) is 39.9 Å². The highest BCUT2D eigenvalue weighted by atomic mass is 16.2. The fraction of sp³-hybridized carbons (Fsp3) is 0.353. The predicted molar refractivity (Wildman–Crippen MR) is 91.0 cm³/mol. The minimum Gasteiger partial charge on any atom is -0.356 e. The number of aromatic nitrogens is 2. The minimum absolute atomic E-state index is 0.0541. The van der Waals surface area contributed by atoms with Crippen molar-refractivity contribution in [3.63, 3.8) is 0 Å². The summed E-state index contributed by atoms with van der Waals surface area (Å²) in [6.07, 6.45) is 1.89. The molecule has 3 N–H and O–H groups in total. The molecule has 2 heterocycles. The van der Waals surface area contributed by atoms with Gasteiger partial charge in [-0.1, -0.05) is 12.1 Å². The SMILES string of the molecule is N#Cc1cccc(Cn2c(=O)cc(N3CCCC(N)C3)[nH]c2=O)c1. The number of hydrogen-bond acceptors (Lipinski definition) is 5. The Morgan fingerprint density at radius 2 is 2.17 bits per heavy atom. The second-order valence-electron chi connectivity index (χ2n) is 6.04. The topological polar surface area (TPSA) is 108 Å². The summed E-state index contributed by atoms with van der Waals surface area (Å²) in [5.74, 6) is 0.516. The number of nitrogens with two attached hydrogens (primary N) is 1. The smallest absolute Gasteiger partial charge is 0.330 e. The molecule has 1 aromatic carbocycles. The summed E-state index contributed by atoms with van der Waals surface area (Å²) in [7, 11) is 0. The third-order valence-corrected chi connectivity index (χ3v) is 4.20. The molecule has 1 aromatic heterocycles. The van der Waals surface area contributed by atoms with Crippen molar-refractivity contribution in [1.82, 2.24) is 9.55 Å². The number of aromatic amines is 1. The average Bonchev–Trinajstić information content (AvgIpc) is 2.58. The van der Waals surface area contributed by atoms with Gasteiger partial charge in [0.2, 0.25) is 0 Å². The van der Waals surface area contributed by atoms with Gasteiger partial charge in [-0.2, -0.15) is 5.26 Å². The van der Waals surface area contributed by atoms with E-state index in [1.807, 2.05) is 11.0 Å². The van der Waals surface area contributed by atoms with E-state index in [1.165, 1.54) is 6.07 Å². The van der Waals surface area contributed by atoms with E-state index in [-0.39, 0.29) is 18.1 Å². The fourth-order valence-corrected chi connectivity index (χ4v) is 2.98. The predicted octanol–water partition coefficient (Wildman–Crippen LogP) is 0.384. The Hall–Kier alpha value is -2.85. The summed E-state index contributed by atoms with van der Waals surface area (Å²) in [6, 6.07) is 10.4. The van der Waals surface area contributed by atoms with Crippen LogP contribution < -0.4 is 21.9 Å². The van der Waals surface area contributed by atoms with E-state index in [1.54, 1.807) is 24.3 Å². The number of nitrogens with one attached hydrogen (secondary N) is 1. The maximum atomic E-state index is 12.4. The zero-order chi connectivity index (χ0) is 17.1. The summed E-state index contributed by atoms with van der Waals surface area (Å²) in [4.78, 5) is 29.4. The maximum absolute atomic E-state index is 12.4. The van der Waals surface area contributed by atoms with Crippen molar-refractivity contribution in [2.24, 2.45) is 5.73 Å². The molecule has 1 unspecified atom stereocenters. The van der Waals surface area contributed by atoms with Crippen LogP contribution in [0.25, 0.3) is 0 Å². The van der Waals surface area contributed by atoms with Gasteiger partial charge in [-0.15, -0.1) is 0 Å². The van der Waals surface area contributed by atoms with Gasteiger partial charge in [0.25, 0.3) is 5.56 Å². The third kappa shape index (κ3) is 3.39. The average molecular weight is 325 g/mol. The number of H-pyrrole nitrogens is 1. The number of benzene rings is 1. The molecule has 1 atom stereocenters. The van der Waals surface area contributed by atoms with Crippen LogP contribution in [-0.4, -0.2) is 28.7 Å². The summed E-state index contributed by atoms with van der Waals surface area (Å²) < 4.78 is 1.13. The van der Waals surface area contributed by atoms with Crippen LogP contribution in [-0.2, 0) is 6.54 Å². The quantitative estimate of drug-likeness (QED) is 0.848. The Kier molecular flexibility index (Phi) is 4.49. The molecule has 0 spiro atoms. The van der Waals surface area contributed by atoms with E-state index in [2.05, 4.69) is 4.98 Å². The van der Waals surface area contributed by atoms with Gasteiger partial charge in [-0.05, 0) is 30.5 Å².